The highest BCUT2D eigenvalue weighted by atomic mass is 16.6. The lowest BCUT2D eigenvalue weighted by atomic mass is 10.2. The molecule has 12 heteroatoms. The van der Waals surface area contributed by atoms with E-state index in [1.54, 1.807) is 12.1 Å². The minimum atomic E-state index is -1.22. The van der Waals surface area contributed by atoms with E-state index in [1.165, 1.54) is 84.4 Å². The molecule has 3 rings (SSSR count). The van der Waals surface area contributed by atoms with Gasteiger partial charge in [-0.1, -0.05) is 20.3 Å². The summed E-state index contributed by atoms with van der Waals surface area (Å²) < 4.78 is 42.1. The highest BCUT2D eigenvalue weighted by molar-refractivity contribution is 5.92. The van der Waals surface area contributed by atoms with E-state index in [2.05, 4.69) is 13.8 Å². The van der Waals surface area contributed by atoms with Crippen LogP contribution in [0, 0.1) is 0 Å². The lowest BCUT2D eigenvalue weighted by molar-refractivity contribution is -0.0254. The molecule has 0 spiro atoms. The maximum absolute atomic E-state index is 13.0. The van der Waals surface area contributed by atoms with E-state index in [9.17, 15) is 19.5 Å². The van der Waals surface area contributed by atoms with Gasteiger partial charge in [-0.25, -0.2) is 14.4 Å². The Morgan fingerprint density at radius 1 is 0.545 bits per heavy atom. The number of carbonyl (C=O) groups is 3. The van der Waals surface area contributed by atoms with Crippen LogP contribution in [0.4, 0.5) is 0 Å². The smallest absolute Gasteiger partial charge is 0.338 e. The van der Waals surface area contributed by atoms with Crippen LogP contribution in [0.5, 0.6) is 34.5 Å². The zero-order valence-electron chi connectivity index (χ0n) is 25.8. The first-order chi connectivity index (χ1) is 21.1. The molecule has 0 aromatic heterocycles. The number of hydrogen-bond acceptors (Lipinski definition) is 12. The van der Waals surface area contributed by atoms with Crippen molar-refractivity contribution in [3.63, 3.8) is 0 Å². The molecule has 0 aliphatic carbocycles. The lowest BCUT2D eigenvalue weighted by Crippen LogP contribution is -2.31. The maximum atomic E-state index is 13.0. The lowest BCUT2D eigenvalue weighted by Gasteiger charge is -2.19. The Bertz CT molecular complexity index is 1360. The molecular formula is C32H38O12. The summed E-state index contributed by atoms with van der Waals surface area (Å²) in [7, 11) is 7.09. The predicted molar refractivity (Wildman–Crippen MR) is 159 cm³/mol. The van der Waals surface area contributed by atoms with Crippen LogP contribution in [0.3, 0.4) is 0 Å². The van der Waals surface area contributed by atoms with Crippen molar-refractivity contribution in [3.8, 4) is 34.5 Å². The van der Waals surface area contributed by atoms with Gasteiger partial charge in [-0.15, -0.1) is 0 Å². The largest absolute Gasteiger partial charge is 0.508 e. The molecule has 0 radical (unpaired) electrons. The van der Waals surface area contributed by atoms with Crippen molar-refractivity contribution in [2.75, 3.05) is 48.8 Å². The SMILES string of the molecule is CCC.COc1cc(O)cc(C(=O)OCC(COC(=O)c2cc(OC)cc(OC)c2)OC(=O)c2cc(OC)cc(OC)c2)c1. The fourth-order valence-electron chi connectivity index (χ4n) is 3.51. The number of ether oxygens (including phenoxy) is 8. The molecule has 0 saturated heterocycles. The highest BCUT2D eigenvalue weighted by Gasteiger charge is 2.23. The van der Waals surface area contributed by atoms with Gasteiger partial charge in [0.2, 0.25) is 0 Å². The summed E-state index contributed by atoms with van der Waals surface area (Å²) >= 11 is 0. The second-order valence-electron chi connectivity index (χ2n) is 9.05. The summed E-state index contributed by atoms with van der Waals surface area (Å²) in [5.74, 6) is -0.998. The van der Waals surface area contributed by atoms with Gasteiger partial charge in [0.25, 0.3) is 0 Å². The third kappa shape index (κ3) is 10.6. The van der Waals surface area contributed by atoms with Crippen molar-refractivity contribution in [3.05, 3.63) is 71.3 Å². The number of phenols is 1. The number of hydrogen-bond donors (Lipinski definition) is 1. The second-order valence-corrected chi connectivity index (χ2v) is 9.05. The van der Waals surface area contributed by atoms with Crippen LogP contribution in [0.2, 0.25) is 0 Å². The molecule has 0 heterocycles. The molecule has 0 aliphatic heterocycles. The third-order valence-electron chi connectivity index (χ3n) is 5.61. The summed E-state index contributed by atoms with van der Waals surface area (Å²) in [6, 6.07) is 12.8. The Labute approximate surface area is 256 Å². The maximum Gasteiger partial charge on any atom is 0.338 e. The fraction of sp³-hybridized carbons (Fsp3) is 0.344. The fourth-order valence-corrected chi connectivity index (χ4v) is 3.51. The summed E-state index contributed by atoms with van der Waals surface area (Å²) in [5, 5.41) is 9.86. The van der Waals surface area contributed by atoms with Gasteiger partial charge in [-0.2, -0.15) is 0 Å². The summed E-state index contributed by atoms with van der Waals surface area (Å²) in [4.78, 5) is 38.5. The average molecular weight is 615 g/mol. The molecule has 12 nitrogen and oxygen atoms in total. The van der Waals surface area contributed by atoms with Crippen LogP contribution in [0.1, 0.15) is 51.3 Å². The summed E-state index contributed by atoms with van der Waals surface area (Å²) in [6.07, 6.45) is 0.0271. The second kappa shape index (κ2) is 17.7. The molecule has 0 amide bonds. The van der Waals surface area contributed by atoms with E-state index in [-0.39, 0.29) is 28.2 Å². The van der Waals surface area contributed by atoms with Crippen LogP contribution in [-0.4, -0.2) is 77.9 Å². The zero-order chi connectivity index (χ0) is 32.6. The van der Waals surface area contributed by atoms with Gasteiger partial charge in [-0.05, 0) is 36.4 Å². The molecule has 1 N–H and O–H groups in total. The van der Waals surface area contributed by atoms with E-state index in [1.807, 2.05) is 0 Å². The van der Waals surface area contributed by atoms with E-state index in [0.717, 1.165) is 0 Å². The number of benzene rings is 3. The third-order valence-corrected chi connectivity index (χ3v) is 5.61. The predicted octanol–water partition coefficient (Wildman–Crippen LogP) is 5.09. The number of rotatable bonds is 13. The minimum absolute atomic E-state index is 0.00932. The van der Waals surface area contributed by atoms with Crippen molar-refractivity contribution in [1.82, 2.24) is 0 Å². The van der Waals surface area contributed by atoms with Gasteiger partial charge in [0.1, 0.15) is 47.7 Å². The number of aromatic hydroxyl groups is 1. The molecule has 44 heavy (non-hydrogen) atoms. The van der Waals surface area contributed by atoms with Crippen LogP contribution in [0.25, 0.3) is 0 Å². The molecule has 3 aromatic rings. The summed E-state index contributed by atoms with van der Waals surface area (Å²) in [6.45, 7) is 3.29. The average Bonchev–Trinajstić information content (AvgIpc) is 3.04. The zero-order valence-corrected chi connectivity index (χ0v) is 25.8. The first kappa shape index (κ1) is 35.1. The topological polar surface area (TPSA) is 145 Å². The Morgan fingerprint density at radius 3 is 1.23 bits per heavy atom. The number of carbonyl (C=O) groups excluding carboxylic acids is 3. The van der Waals surface area contributed by atoms with Crippen LogP contribution in [0.15, 0.2) is 54.6 Å². The quantitative estimate of drug-likeness (QED) is 0.202. The normalized spacial score (nSPS) is 10.7. The van der Waals surface area contributed by atoms with Gasteiger partial charge in [-0.3, -0.25) is 0 Å². The van der Waals surface area contributed by atoms with Gasteiger partial charge < -0.3 is 43.0 Å². The van der Waals surface area contributed by atoms with Gasteiger partial charge in [0.05, 0.1) is 52.2 Å². The van der Waals surface area contributed by atoms with Crippen LogP contribution >= 0.6 is 0 Å². The molecule has 0 saturated carbocycles. The molecule has 0 aliphatic rings. The van der Waals surface area contributed by atoms with E-state index in [0.29, 0.717) is 23.0 Å². The molecule has 0 bridgehead atoms. The molecular weight excluding hydrogens is 576 g/mol. The molecule has 1 atom stereocenters. The highest BCUT2D eigenvalue weighted by Crippen LogP contribution is 2.25. The standard InChI is InChI=1S/C29H30O12.C3H8/c1-34-21-7-17(6-20(30)12-21)27(31)39-15-26(41-29(33)19-10-24(37-4)14-25(11-19)38-5)16-40-28(32)18-8-22(35-2)13-23(9-18)36-3;1-3-2/h6-14,26,30H,15-16H2,1-5H3;3H2,1-2H3. The first-order valence-electron chi connectivity index (χ1n) is 13.5. The number of esters is 3. The van der Waals surface area contributed by atoms with Gasteiger partial charge in [0.15, 0.2) is 6.10 Å². The monoisotopic (exact) mass is 614 g/mol. The van der Waals surface area contributed by atoms with E-state index >= 15 is 0 Å². The Hall–Kier alpha value is -5.13. The van der Waals surface area contributed by atoms with Crippen molar-refractivity contribution in [2.24, 2.45) is 0 Å². The number of phenolic OH excluding ortho intramolecular Hbond substituents is 1. The van der Waals surface area contributed by atoms with Crippen molar-refractivity contribution < 1.29 is 57.4 Å². The Balaban J connectivity index is 0.00000216. The molecule has 1 unspecified atom stereocenters. The van der Waals surface area contributed by atoms with Crippen LogP contribution in [-0.2, 0) is 14.2 Å². The molecule has 0 fully saturated rings. The van der Waals surface area contributed by atoms with Crippen molar-refractivity contribution in [1.29, 1.82) is 0 Å². The van der Waals surface area contributed by atoms with E-state index < -0.39 is 37.2 Å². The first-order valence-corrected chi connectivity index (χ1v) is 13.5. The molecule has 3 aromatic carbocycles. The van der Waals surface area contributed by atoms with Crippen LogP contribution < -0.4 is 23.7 Å². The van der Waals surface area contributed by atoms with E-state index in [4.69, 9.17) is 37.9 Å². The summed E-state index contributed by atoms with van der Waals surface area (Å²) in [5.41, 5.74) is 0.191. The van der Waals surface area contributed by atoms with Gasteiger partial charge >= 0.3 is 17.9 Å². The minimum Gasteiger partial charge on any atom is -0.508 e. The van der Waals surface area contributed by atoms with Crippen molar-refractivity contribution in [2.45, 2.75) is 26.4 Å². The Kier molecular flexibility index (Phi) is 14.1. The number of methoxy groups -OCH3 is 5. The van der Waals surface area contributed by atoms with Crippen molar-refractivity contribution >= 4 is 17.9 Å². The Morgan fingerprint density at radius 2 is 0.864 bits per heavy atom. The molecule has 238 valence electrons. The van der Waals surface area contributed by atoms with Gasteiger partial charge in [0, 0.05) is 18.2 Å².